The lowest BCUT2D eigenvalue weighted by molar-refractivity contribution is -0.122. The number of nitrogens with zero attached hydrogens (tertiary/aromatic N) is 1. The van der Waals surface area contributed by atoms with Gasteiger partial charge in [-0.25, -0.2) is 0 Å². The molecule has 102 valence electrons. The minimum Gasteiger partial charge on any atom is -0.472 e. The van der Waals surface area contributed by atoms with E-state index in [0.717, 1.165) is 11.1 Å². The van der Waals surface area contributed by atoms with Crippen LogP contribution in [-0.4, -0.2) is 22.8 Å². The highest BCUT2D eigenvalue weighted by Crippen LogP contribution is 2.24. The SMILES string of the molecule is NC(=O)C1Cc2ccccc2CN1C(=O)c1ccoc1. The van der Waals surface area contributed by atoms with Crippen LogP contribution in [0.3, 0.4) is 0 Å². The Morgan fingerprint density at radius 3 is 2.60 bits per heavy atom. The summed E-state index contributed by atoms with van der Waals surface area (Å²) < 4.78 is 4.93. The fraction of sp³-hybridized carbons (Fsp3) is 0.200. The molecule has 3 rings (SSSR count). The maximum atomic E-state index is 12.4. The van der Waals surface area contributed by atoms with E-state index in [2.05, 4.69) is 0 Å². The normalized spacial score (nSPS) is 17.6. The molecule has 2 N–H and O–H groups in total. The smallest absolute Gasteiger partial charge is 0.258 e. The minimum absolute atomic E-state index is 0.239. The third kappa shape index (κ3) is 2.07. The lowest BCUT2D eigenvalue weighted by Crippen LogP contribution is -2.51. The van der Waals surface area contributed by atoms with Crippen LogP contribution in [0.15, 0.2) is 47.3 Å². The first kappa shape index (κ1) is 12.5. The molecule has 1 aromatic carbocycles. The Morgan fingerprint density at radius 1 is 1.20 bits per heavy atom. The molecule has 1 aliphatic rings. The standard InChI is InChI=1S/C15H14N2O3/c16-14(18)13-7-10-3-1-2-4-11(10)8-17(13)15(19)12-5-6-20-9-12/h1-6,9,13H,7-8H2,(H2,16,18). The second-order valence-corrected chi connectivity index (χ2v) is 4.84. The quantitative estimate of drug-likeness (QED) is 0.894. The van der Waals surface area contributed by atoms with Gasteiger partial charge >= 0.3 is 0 Å². The van der Waals surface area contributed by atoms with E-state index in [-0.39, 0.29) is 5.91 Å². The Labute approximate surface area is 116 Å². The number of hydrogen-bond acceptors (Lipinski definition) is 3. The zero-order valence-corrected chi connectivity index (χ0v) is 10.8. The predicted molar refractivity (Wildman–Crippen MR) is 71.7 cm³/mol. The van der Waals surface area contributed by atoms with Gasteiger partial charge < -0.3 is 15.1 Å². The first-order chi connectivity index (χ1) is 9.66. The van der Waals surface area contributed by atoms with Crippen LogP contribution in [0.1, 0.15) is 21.5 Å². The van der Waals surface area contributed by atoms with E-state index in [9.17, 15) is 9.59 Å². The molecule has 1 aliphatic heterocycles. The molecule has 0 radical (unpaired) electrons. The largest absolute Gasteiger partial charge is 0.472 e. The Morgan fingerprint density at radius 2 is 1.95 bits per heavy atom. The lowest BCUT2D eigenvalue weighted by atomic mass is 9.93. The van der Waals surface area contributed by atoms with Gasteiger partial charge in [-0.05, 0) is 17.2 Å². The Kier molecular flexibility index (Phi) is 3.02. The van der Waals surface area contributed by atoms with Crippen molar-refractivity contribution in [2.24, 2.45) is 5.73 Å². The van der Waals surface area contributed by atoms with Gasteiger partial charge in [-0.15, -0.1) is 0 Å². The number of carbonyl (C=O) groups is 2. The molecule has 1 unspecified atom stereocenters. The highest BCUT2D eigenvalue weighted by Gasteiger charge is 2.33. The van der Waals surface area contributed by atoms with Crippen LogP contribution in [-0.2, 0) is 17.8 Å². The van der Waals surface area contributed by atoms with Gasteiger partial charge in [-0.3, -0.25) is 9.59 Å². The number of amides is 2. The number of fused-ring (bicyclic) bond motifs is 1. The maximum absolute atomic E-state index is 12.4. The molecule has 2 aromatic rings. The van der Waals surface area contributed by atoms with E-state index < -0.39 is 11.9 Å². The summed E-state index contributed by atoms with van der Waals surface area (Å²) in [5.74, 6) is -0.728. The van der Waals surface area contributed by atoms with E-state index in [0.29, 0.717) is 18.5 Å². The van der Waals surface area contributed by atoms with Gasteiger partial charge in [0.1, 0.15) is 12.3 Å². The van der Waals surface area contributed by atoms with Crippen LogP contribution in [0.2, 0.25) is 0 Å². The summed E-state index contributed by atoms with van der Waals surface area (Å²) in [7, 11) is 0. The van der Waals surface area contributed by atoms with Crippen molar-refractivity contribution in [3.05, 3.63) is 59.5 Å². The van der Waals surface area contributed by atoms with Crippen LogP contribution >= 0.6 is 0 Å². The van der Waals surface area contributed by atoms with Crippen LogP contribution in [0.5, 0.6) is 0 Å². The zero-order chi connectivity index (χ0) is 14.1. The van der Waals surface area contributed by atoms with Gasteiger partial charge in [-0.1, -0.05) is 24.3 Å². The van der Waals surface area contributed by atoms with Crippen molar-refractivity contribution >= 4 is 11.8 Å². The van der Waals surface area contributed by atoms with Crippen molar-refractivity contribution in [1.29, 1.82) is 0 Å². The van der Waals surface area contributed by atoms with Crippen molar-refractivity contribution in [3.63, 3.8) is 0 Å². The van der Waals surface area contributed by atoms with Crippen LogP contribution in [0, 0.1) is 0 Å². The fourth-order valence-corrected chi connectivity index (χ4v) is 2.54. The molecule has 5 heteroatoms. The number of carbonyl (C=O) groups excluding carboxylic acids is 2. The second-order valence-electron chi connectivity index (χ2n) is 4.84. The van der Waals surface area contributed by atoms with E-state index in [1.165, 1.54) is 17.4 Å². The topological polar surface area (TPSA) is 76.5 Å². The van der Waals surface area contributed by atoms with Gasteiger partial charge in [0.15, 0.2) is 0 Å². The summed E-state index contributed by atoms with van der Waals surface area (Å²) in [5.41, 5.74) is 7.98. The first-order valence-electron chi connectivity index (χ1n) is 6.36. The fourth-order valence-electron chi connectivity index (χ4n) is 2.54. The van der Waals surface area contributed by atoms with E-state index in [4.69, 9.17) is 10.2 Å². The molecule has 20 heavy (non-hydrogen) atoms. The average Bonchev–Trinajstić information content (AvgIpc) is 2.99. The molecule has 0 bridgehead atoms. The van der Waals surface area contributed by atoms with E-state index in [1.807, 2.05) is 24.3 Å². The van der Waals surface area contributed by atoms with Crippen LogP contribution in [0.25, 0.3) is 0 Å². The Hall–Kier alpha value is -2.56. The average molecular weight is 270 g/mol. The molecule has 0 fully saturated rings. The number of benzene rings is 1. The highest BCUT2D eigenvalue weighted by atomic mass is 16.3. The summed E-state index contributed by atoms with van der Waals surface area (Å²) in [6, 6.07) is 8.73. The number of primary amides is 1. The predicted octanol–water partition coefficient (Wildman–Crippen LogP) is 1.33. The van der Waals surface area contributed by atoms with E-state index in [1.54, 1.807) is 6.07 Å². The molecule has 0 spiro atoms. The molecular weight excluding hydrogens is 256 g/mol. The summed E-state index contributed by atoms with van der Waals surface area (Å²) in [5, 5.41) is 0. The number of furan rings is 1. The summed E-state index contributed by atoms with van der Waals surface area (Å²) in [6.45, 7) is 0.383. The maximum Gasteiger partial charge on any atom is 0.258 e. The minimum atomic E-state index is -0.618. The van der Waals surface area contributed by atoms with Crippen molar-refractivity contribution in [2.45, 2.75) is 19.0 Å². The molecule has 0 saturated carbocycles. The number of rotatable bonds is 2. The molecule has 0 aliphatic carbocycles. The molecular formula is C15H14N2O3. The van der Waals surface area contributed by atoms with Crippen LogP contribution < -0.4 is 5.73 Å². The molecule has 1 aromatic heterocycles. The lowest BCUT2D eigenvalue weighted by Gasteiger charge is -2.34. The Balaban J connectivity index is 1.96. The van der Waals surface area contributed by atoms with Crippen molar-refractivity contribution < 1.29 is 14.0 Å². The van der Waals surface area contributed by atoms with E-state index >= 15 is 0 Å². The number of nitrogens with two attached hydrogens (primary N) is 1. The third-order valence-electron chi connectivity index (χ3n) is 3.61. The van der Waals surface area contributed by atoms with Gasteiger partial charge in [-0.2, -0.15) is 0 Å². The molecule has 2 amide bonds. The van der Waals surface area contributed by atoms with Gasteiger partial charge in [0.25, 0.3) is 5.91 Å². The monoisotopic (exact) mass is 270 g/mol. The first-order valence-corrected chi connectivity index (χ1v) is 6.36. The van der Waals surface area contributed by atoms with Gasteiger partial charge in [0.2, 0.25) is 5.91 Å². The third-order valence-corrected chi connectivity index (χ3v) is 3.61. The highest BCUT2D eigenvalue weighted by molar-refractivity contribution is 5.97. The van der Waals surface area contributed by atoms with Gasteiger partial charge in [0.05, 0.1) is 11.8 Å². The van der Waals surface area contributed by atoms with Crippen molar-refractivity contribution in [1.82, 2.24) is 4.90 Å². The Bertz CT molecular complexity index is 649. The van der Waals surface area contributed by atoms with Crippen molar-refractivity contribution in [3.8, 4) is 0 Å². The summed E-state index contributed by atoms with van der Waals surface area (Å²) >= 11 is 0. The zero-order valence-electron chi connectivity index (χ0n) is 10.8. The second kappa shape index (κ2) is 4.85. The van der Waals surface area contributed by atoms with Crippen LogP contribution in [0.4, 0.5) is 0 Å². The summed E-state index contributed by atoms with van der Waals surface area (Å²) in [6.07, 6.45) is 3.26. The molecule has 2 heterocycles. The van der Waals surface area contributed by atoms with Crippen molar-refractivity contribution in [2.75, 3.05) is 0 Å². The number of hydrogen-bond donors (Lipinski definition) is 1. The summed E-state index contributed by atoms with van der Waals surface area (Å²) in [4.78, 5) is 25.6. The van der Waals surface area contributed by atoms with Gasteiger partial charge in [0, 0.05) is 13.0 Å². The molecule has 1 atom stereocenters. The molecule has 5 nitrogen and oxygen atoms in total. The molecule has 0 saturated heterocycles.